The molecule has 0 spiro atoms. The molecule has 0 radical (unpaired) electrons. The standard InChI is InChI=1S/C21H16OS/c1-16-7-9-17(10-8-16)11-12-19-13-14-21(23-19)20(22)15-18-5-3-2-4-6-18/h2-10,13-14H,15H2,1H3. The van der Waals surface area contributed by atoms with Gasteiger partial charge < -0.3 is 0 Å². The normalized spacial score (nSPS) is 9.96. The second-order valence-corrected chi connectivity index (χ2v) is 6.45. The summed E-state index contributed by atoms with van der Waals surface area (Å²) < 4.78 is 0. The molecule has 0 atom stereocenters. The first kappa shape index (κ1) is 15.3. The van der Waals surface area contributed by atoms with Gasteiger partial charge in [-0.2, -0.15) is 0 Å². The molecule has 0 aliphatic heterocycles. The van der Waals surface area contributed by atoms with E-state index in [9.17, 15) is 4.79 Å². The number of Topliss-reactive ketones (excluding diaryl/α,β-unsaturated/α-hetero) is 1. The van der Waals surface area contributed by atoms with Gasteiger partial charge in [0.1, 0.15) is 0 Å². The fourth-order valence-corrected chi connectivity index (χ4v) is 2.99. The molecule has 23 heavy (non-hydrogen) atoms. The fourth-order valence-electron chi connectivity index (χ4n) is 2.19. The van der Waals surface area contributed by atoms with Gasteiger partial charge in [-0.25, -0.2) is 0 Å². The second kappa shape index (κ2) is 7.09. The van der Waals surface area contributed by atoms with Crippen LogP contribution >= 0.6 is 11.3 Å². The SMILES string of the molecule is Cc1ccc(C#Cc2ccc(C(=O)Cc3ccccc3)s2)cc1. The Morgan fingerprint density at radius 3 is 2.39 bits per heavy atom. The Labute approximate surface area is 140 Å². The number of ketones is 1. The first-order valence-electron chi connectivity index (χ1n) is 7.46. The maximum absolute atomic E-state index is 12.3. The van der Waals surface area contributed by atoms with E-state index >= 15 is 0 Å². The Morgan fingerprint density at radius 1 is 0.913 bits per heavy atom. The smallest absolute Gasteiger partial charge is 0.177 e. The summed E-state index contributed by atoms with van der Waals surface area (Å²) in [6.07, 6.45) is 0.437. The Kier molecular flexibility index (Phi) is 4.71. The van der Waals surface area contributed by atoms with Crippen LogP contribution in [0.4, 0.5) is 0 Å². The third kappa shape index (κ3) is 4.18. The zero-order valence-corrected chi connectivity index (χ0v) is 13.7. The van der Waals surface area contributed by atoms with E-state index in [2.05, 4.69) is 18.8 Å². The first-order valence-corrected chi connectivity index (χ1v) is 8.28. The monoisotopic (exact) mass is 316 g/mol. The average Bonchev–Trinajstić information content (AvgIpc) is 3.04. The van der Waals surface area contributed by atoms with Crippen molar-refractivity contribution in [3.63, 3.8) is 0 Å². The van der Waals surface area contributed by atoms with Gasteiger partial charge >= 0.3 is 0 Å². The maximum Gasteiger partial charge on any atom is 0.177 e. The molecule has 2 heteroatoms. The van der Waals surface area contributed by atoms with Crippen LogP contribution in [-0.2, 0) is 6.42 Å². The lowest BCUT2D eigenvalue weighted by Crippen LogP contribution is -2.00. The molecule has 112 valence electrons. The number of aryl methyl sites for hydroxylation is 1. The summed E-state index contributed by atoms with van der Waals surface area (Å²) in [5, 5.41) is 0. The predicted octanol–water partition coefficient (Wildman–Crippen LogP) is 4.88. The third-order valence-electron chi connectivity index (χ3n) is 3.47. The van der Waals surface area contributed by atoms with Gasteiger partial charge in [-0.1, -0.05) is 59.9 Å². The number of carbonyl (C=O) groups is 1. The summed E-state index contributed by atoms with van der Waals surface area (Å²) in [5.41, 5.74) is 3.25. The van der Waals surface area contributed by atoms with Crippen LogP contribution in [0.2, 0.25) is 0 Å². The Hall–Kier alpha value is -2.63. The van der Waals surface area contributed by atoms with E-state index in [4.69, 9.17) is 0 Å². The molecule has 0 fully saturated rings. The Bertz CT molecular complexity index is 861. The van der Waals surface area contributed by atoms with Crippen LogP contribution in [0.25, 0.3) is 0 Å². The molecular weight excluding hydrogens is 300 g/mol. The van der Waals surface area contributed by atoms with Crippen LogP contribution in [0.3, 0.4) is 0 Å². The number of hydrogen-bond donors (Lipinski definition) is 0. The summed E-state index contributed by atoms with van der Waals surface area (Å²) in [6.45, 7) is 2.06. The van der Waals surface area contributed by atoms with E-state index in [1.165, 1.54) is 16.9 Å². The number of carbonyl (C=O) groups excluding carboxylic acids is 1. The molecule has 0 bridgehead atoms. The van der Waals surface area contributed by atoms with Crippen LogP contribution in [0.1, 0.15) is 31.2 Å². The highest BCUT2D eigenvalue weighted by Crippen LogP contribution is 2.18. The van der Waals surface area contributed by atoms with Gasteiger partial charge in [0.15, 0.2) is 5.78 Å². The summed E-state index contributed by atoms with van der Waals surface area (Å²) in [4.78, 5) is 14.0. The van der Waals surface area contributed by atoms with Crippen LogP contribution in [-0.4, -0.2) is 5.78 Å². The van der Waals surface area contributed by atoms with Crippen molar-refractivity contribution in [2.75, 3.05) is 0 Å². The van der Waals surface area contributed by atoms with Crippen molar-refractivity contribution < 1.29 is 4.79 Å². The molecule has 0 amide bonds. The highest BCUT2D eigenvalue weighted by Gasteiger charge is 2.09. The fraction of sp³-hybridized carbons (Fsp3) is 0.0952. The molecule has 1 aromatic heterocycles. The van der Waals surface area contributed by atoms with E-state index in [0.29, 0.717) is 6.42 Å². The van der Waals surface area contributed by atoms with Crippen molar-refractivity contribution in [2.24, 2.45) is 0 Å². The van der Waals surface area contributed by atoms with Gasteiger partial charge in [0.05, 0.1) is 9.75 Å². The lowest BCUT2D eigenvalue weighted by atomic mass is 10.1. The molecule has 0 saturated carbocycles. The largest absolute Gasteiger partial charge is 0.293 e. The van der Waals surface area contributed by atoms with E-state index in [0.717, 1.165) is 20.9 Å². The lowest BCUT2D eigenvalue weighted by Gasteiger charge is -1.97. The molecule has 0 unspecified atom stereocenters. The summed E-state index contributed by atoms with van der Waals surface area (Å²) in [5.74, 6) is 6.42. The molecule has 1 nitrogen and oxygen atoms in total. The summed E-state index contributed by atoms with van der Waals surface area (Å²) in [6, 6.07) is 21.7. The van der Waals surface area contributed by atoms with Gasteiger partial charge in [-0.15, -0.1) is 11.3 Å². The number of rotatable bonds is 3. The van der Waals surface area contributed by atoms with Gasteiger partial charge in [-0.05, 0) is 36.8 Å². The van der Waals surface area contributed by atoms with Crippen LogP contribution in [0.15, 0.2) is 66.7 Å². The minimum Gasteiger partial charge on any atom is -0.293 e. The van der Waals surface area contributed by atoms with Crippen LogP contribution in [0.5, 0.6) is 0 Å². The van der Waals surface area contributed by atoms with E-state index in [1.54, 1.807) is 0 Å². The molecule has 0 aliphatic rings. The molecule has 3 aromatic rings. The van der Waals surface area contributed by atoms with E-state index in [1.807, 2.05) is 66.7 Å². The topological polar surface area (TPSA) is 17.1 Å². The lowest BCUT2D eigenvalue weighted by molar-refractivity contribution is 0.0997. The van der Waals surface area contributed by atoms with Crippen LogP contribution in [0, 0.1) is 18.8 Å². The Balaban J connectivity index is 1.71. The van der Waals surface area contributed by atoms with Crippen molar-refractivity contribution in [3.8, 4) is 11.8 Å². The van der Waals surface area contributed by atoms with Gasteiger partial charge in [0.25, 0.3) is 0 Å². The Morgan fingerprint density at radius 2 is 1.65 bits per heavy atom. The second-order valence-electron chi connectivity index (χ2n) is 5.37. The molecule has 3 rings (SSSR count). The van der Waals surface area contributed by atoms with E-state index in [-0.39, 0.29) is 5.78 Å². The minimum absolute atomic E-state index is 0.143. The van der Waals surface area contributed by atoms with Gasteiger partial charge in [0, 0.05) is 12.0 Å². The minimum atomic E-state index is 0.143. The molecule has 0 saturated heterocycles. The molecule has 2 aromatic carbocycles. The maximum atomic E-state index is 12.3. The summed E-state index contributed by atoms with van der Waals surface area (Å²) in [7, 11) is 0. The molecule has 0 aliphatic carbocycles. The predicted molar refractivity (Wildman–Crippen MR) is 96.0 cm³/mol. The van der Waals surface area contributed by atoms with Gasteiger partial charge in [-0.3, -0.25) is 4.79 Å². The van der Waals surface area contributed by atoms with E-state index < -0.39 is 0 Å². The highest BCUT2D eigenvalue weighted by atomic mass is 32.1. The zero-order chi connectivity index (χ0) is 16.1. The van der Waals surface area contributed by atoms with Crippen molar-refractivity contribution in [3.05, 3.63) is 93.2 Å². The first-order chi connectivity index (χ1) is 11.2. The quantitative estimate of drug-likeness (QED) is 0.497. The van der Waals surface area contributed by atoms with Crippen LogP contribution < -0.4 is 0 Å². The molecule has 1 heterocycles. The molecular formula is C21H16OS. The number of benzene rings is 2. The third-order valence-corrected chi connectivity index (χ3v) is 4.51. The van der Waals surface area contributed by atoms with Gasteiger partial charge in [0.2, 0.25) is 0 Å². The summed E-state index contributed by atoms with van der Waals surface area (Å²) >= 11 is 1.46. The van der Waals surface area contributed by atoms with Crippen molar-refractivity contribution >= 4 is 17.1 Å². The van der Waals surface area contributed by atoms with Crippen molar-refractivity contribution in [2.45, 2.75) is 13.3 Å². The highest BCUT2D eigenvalue weighted by molar-refractivity contribution is 7.14. The molecule has 0 N–H and O–H groups in total. The number of thiophene rings is 1. The average molecular weight is 316 g/mol. The number of hydrogen-bond acceptors (Lipinski definition) is 2. The van der Waals surface area contributed by atoms with Crippen molar-refractivity contribution in [1.29, 1.82) is 0 Å². The zero-order valence-electron chi connectivity index (χ0n) is 12.9. The van der Waals surface area contributed by atoms with Crippen molar-refractivity contribution in [1.82, 2.24) is 0 Å².